The minimum Gasteiger partial charge on any atom is -0.391 e. The quantitative estimate of drug-likeness (QED) is 0.865. The lowest BCUT2D eigenvalue weighted by molar-refractivity contribution is 0.0975. The second-order valence-electron chi connectivity index (χ2n) is 5.40. The SMILES string of the molecule is OC1CCCC(c2ccccc2Cl)CC1n1cncn1. The topological polar surface area (TPSA) is 50.9 Å². The van der Waals surface area contributed by atoms with Crippen LogP contribution in [0.3, 0.4) is 0 Å². The van der Waals surface area contributed by atoms with Crippen LogP contribution in [0.2, 0.25) is 5.02 Å². The molecule has 0 amide bonds. The molecule has 1 N–H and O–H groups in total. The summed E-state index contributed by atoms with van der Waals surface area (Å²) in [6, 6.07) is 7.96. The number of rotatable bonds is 2. The Morgan fingerprint density at radius 3 is 2.85 bits per heavy atom. The fourth-order valence-electron chi connectivity index (χ4n) is 3.09. The highest BCUT2D eigenvalue weighted by Crippen LogP contribution is 2.39. The molecule has 0 saturated heterocycles. The van der Waals surface area contributed by atoms with Crippen molar-refractivity contribution in [1.82, 2.24) is 14.8 Å². The maximum atomic E-state index is 10.3. The van der Waals surface area contributed by atoms with E-state index < -0.39 is 0 Å². The summed E-state index contributed by atoms with van der Waals surface area (Å²) in [5, 5.41) is 15.3. The van der Waals surface area contributed by atoms with Gasteiger partial charge in [-0.05, 0) is 36.8 Å². The van der Waals surface area contributed by atoms with Crippen molar-refractivity contribution in [2.75, 3.05) is 0 Å². The van der Waals surface area contributed by atoms with Crippen molar-refractivity contribution >= 4 is 11.6 Å². The van der Waals surface area contributed by atoms with Crippen LogP contribution < -0.4 is 0 Å². The number of hydrogen-bond donors (Lipinski definition) is 1. The zero-order valence-electron chi connectivity index (χ0n) is 11.2. The monoisotopic (exact) mass is 291 g/mol. The van der Waals surface area contributed by atoms with E-state index in [1.165, 1.54) is 11.9 Å². The third-order valence-corrected chi connectivity index (χ3v) is 4.49. The van der Waals surface area contributed by atoms with Gasteiger partial charge in [-0.15, -0.1) is 0 Å². The van der Waals surface area contributed by atoms with Crippen LogP contribution in [-0.2, 0) is 0 Å². The summed E-state index contributed by atoms with van der Waals surface area (Å²) in [4.78, 5) is 3.99. The minimum atomic E-state index is -0.371. The molecule has 3 unspecified atom stereocenters. The molecule has 0 aliphatic heterocycles. The van der Waals surface area contributed by atoms with Crippen molar-refractivity contribution < 1.29 is 5.11 Å². The van der Waals surface area contributed by atoms with Crippen molar-refractivity contribution in [3.63, 3.8) is 0 Å². The largest absolute Gasteiger partial charge is 0.391 e. The Balaban J connectivity index is 1.88. The van der Waals surface area contributed by atoms with Crippen LogP contribution in [0.15, 0.2) is 36.9 Å². The van der Waals surface area contributed by atoms with E-state index in [-0.39, 0.29) is 12.1 Å². The van der Waals surface area contributed by atoms with Gasteiger partial charge in [0.25, 0.3) is 0 Å². The fourth-order valence-corrected chi connectivity index (χ4v) is 3.38. The normalized spacial score (nSPS) is 27.2. The van der Waals surface area contributed by atoms with Gasteiger partial charge < -0.3 is 5.11 Å². The van der Waals surface area contributed by atoms with Crippen LogP contribution in [0.25, 0.3) is 0 Å². The molecule has 106 valence electrons. The van der Waals surface area contributed by atoms with Crippen LogP contribution in [0, 0.1) is 0 Å². The first-order chi connectivity index (χ1) is 9.75. The van der Waals surface area contributed by atoms with Crippen LogP contribution in [0.5, 0.6) is 0 Å². The van der Waals surface area contributed by atoms with Gasteiger partial charge in [0.05, 0.1) is 12.1 Å². The maximum Gasteiger partial charge on any atom is 0.137 e. The van der Waals surface area contributed by atoms with Gasteiger partial charge >= 0.3 is 0 Å². The predicted octanol–water partition coefficient (Wildman–Crippen LogP) is 3.19. The molecule has 3 rings (SSSR count). The smallest absolute Gasteiger partial charge is 0.137 e. The summed E-state index contributed by atoms with van der Waals surface area (Å²) < 4.78 is 1.78. The number of hydrogen-bond acceptors (Lipinski definition) is 3. The summed E-state index contributed by atoms with van der Waals surface area (Å²) in [5.74, 6) is 0.357. The average molecular weight is 292 g/mol. The molecule has 1 aliphatic rings. The van der Waals surface area contributed by atoms with Gasteiger partial charge in [-0.3, -0.25) is 0 Å². The highest BCUT2D eigenvalue weighted by molar-refractivity contribution is 6.31. The Morgan fingerprint density at radius 1 is 1.25 bits per heavy atom. The zero-order chi connectivity index (χ0) is 13.9. The van der Waals surface area contributed by atoms with Gasteiger partial charge in [0.2, 0.25) is 0 Å². The van der Waals surface area contributed by atoms with Gasteiger partial charge in [0.1, 0.15) is 12.7 Å². The second-order valence-corrected chi connectivity index (χ2v) is 5.80. The van der Waals surface area contributed by atoms with Crippen LogP contribution >= 0.6 is 11.6 Å². The van der Waals surface area contributed by atoms with Gasteiger partial charge in [-0.2, -0.15) is 5.10 Å². The first-order valence-corrected chi connectivity index (χ1v) is 7.40. The average Bonchev–Trinajstić information content (AvgIpc) is 2.90. The summed E-state index contributed by atoms with van der Waals surface area (Å²) in [6.07, 6.45) is 6.52. The number of nitrogens with zero attached hydrogens (tertiary/aromatic N) is 3. The van der Waals surface area contributed by atoms with E-state index in [0.29, 0.717) is 5.92 Å². The number of halogens is 1. The standard InChI is InChI=1S/C15H18ClN3O/c16-13-6-2-1-5-12(13)11-4-3-7-15(20)14(8-11)19-10-17-9-18-19/h1-2,5-6,9-11,14-15,20H,3-4,7-8H2. The molecule has 2 aromatic rings. The van der Waals surface area contributed by atoms with Crippen molar-refractivity contribution in [1.29, 1.82) is 0 Å². The summed E-state index contributed by atoms with van der Waals surface area (Å²) in [6.45, 7) is 0. The molecule has 0 bridgehead atoms. The Hall–Kier alpha value is -1.39. The molecule has 1 aliphatic carbocycles. The molecular weight excluding hydrogens is 274 g/mol. The molecule has 3 atom stereocenters. The van der Waals surface area contributed by atoms with Crippen molar-refractivity contribution in [2.24, 2.45) is 0 Å². The second kappa shape index (κ2) is 5.94. The minimum absolute atomic E-state index is 0.0266. The first kappa shape index (κ1) is 13.6. The molecule has 1 fully saturated rings. The molecule has 1 aromatic carbocycles. The van der Waals surface area contributed by atoms with Gasteiger partial charge in [-0.1, -0.05) is 36.2 Å². The molecule has 0 spiro atoms. The lowest BCUT2D eigenvalue weighted by atomic mass is 9.90. The lowest BCUT2D eigenvalue weighted by Gasteiger charge is -2.24. The fraction of sp³-hybridized carbons (Fsp3) is 0.467. The molecule has 4 nitrogen and oxygen atoms in total. The van der Waals surface area contributed by atoms with E-state index >= 15 is 0 Å². The van der Waals surface area contributed by atoms with E-state index in [9.17, 15) is 5.11 Å². The molecule has 0 radical (unpaired) electrons. The lowest BCUT2D eigenvalue weighted by Crippen LogP contribution is -2.24. The Labute approximate surface area is 123 Å². The molecule has 1 aromatic heterocycles. The Morgan fingerprint density at radius 2 is 2.10 bits per heavy atom. The third-order valence-electron chi connectivity index (χ3n) is 4.14. The highest BCUT2D eigenvalue weighted by Gasteiger charge is 2.30. The summed E-state index contributed by atoms with van der Waals surface area (Å²) in [5.41, 5.74) is 1.17. The molecule has 1 heterocycles. The van der Waals surface area contributed by atoms with Crippen LogP contribution in [0.4, 0.5) is 0 Å². The first-order valence-electron chi connectivity index (χ1n) is 7.02. The predicted molar refractivity (Wildman–Crippen MR) is 77.7 cm³/mol. The Kier molecular flexibility index (Phi) is 4.03. The van der Waals surface area contributed by atoms with Crippen molar-refractivity contribution in [3.05, 3.63) is 47.5 Å². The van der Waals surface area contributed by atoms with Gasteiger partial charge in [-0.25, -0.2) is 9.67 Å². The number of aliphatic hydroxyl groups excluding tert-OH is 1. The number of benzene rings is 1. The van der Waals surface area contributed by atoms with Crippen molar-refractivity contribution in [2.45, 2.75) is 43.7 Å². The van der Waals surface area contributed by atoms with E-state index in [1.807, 2.05) is 18.2 Å². The molecular formula is C15H18ClN3O. The van der Waals surface area contributed by atoms with Crippen molar-refractivity contribution in [3.8, 4) is 0 Å². The number of aliphatic hydroxyl groups is 1. The third kappa shape index (κ3) is 2.72. The number of aromatic nitrogens is 3. The molecule has 5 heteroatoms. The molecule has 20 heavy (non-hydrogen) atoms. The maximum absolute atomic E-state index is 10.3. The van der Waals surface area contributed by atoms with E-state index in [4.69, 9.17) is 11.6 Å². The van der Waals surface area contributed by atoms with E-state index in [0.717, 1.165) is 30.7 Å². The highest BCUT2D eigenvalue weighted by atomic mass is 35.5. The summed E-state index contributed by atoms with van der Waals surface area (Å²) in [7, 11) is 0. The summed E-state index contributed by atoms with van der Waals surface area (Å²) >= 11 is 6.32. The van der Waals surface area contributed by atoms with E-state index in [1.54, 1.807) is 11.0 Å². The van der Waals surface area contributed by atoms with Crippen LogP contribution in [0.1, 0.15) is 43.2 Å². The van der Waals surface area contributed by atoms with Crippen LogP contribution in [-0.4, -0.2) is 26.0 Å². The zero-order valence-corrected chi connectivity index (χ0v) is 11.9. The van der Waals surface area contributed by atoms with E-state index in [2.05, 4.69) is 16.1 Å². The van der Waals surface area contributed by atoms with Gasteiger partial charge in [0, 0.05) is 5.02 Å². The Bertz CT molecular complexity index is 558. The van der Waals surface area contributed by atoms with Gasteiger partial charge in [0.15, 0.2) is 0 Å². The molecule has 1 saturated carbocycles.